The summed E-state index contributed by atoms with van der Waals surface area (Å²) in [6.07, 6.45) is 7.11. The molecular formula is C19H28N2O2S. The van der Waals surface area contributed by atoms with Crippen molar-refractivity contribution in [2.45, 2.75) is 58.6 Å². The first kappa shape index (κ1) is 19.0. The Bertz CT molecular complexity index is 693. The summed E-state index contributed by atoms with van der Waals surface area (Å²) in [5, 5.41) is 9.70. The van der Waals surface area contributed by atoms with Crippen LogP contribution in [-0.4, -0.2) is 21.9 Å². The molecule has 0 amide bonds. The quantitative estimate of drug-likeness (QED) is 0.733. The minimum absolute atomic E-state index is 0.0107. The first-order valence-corrected chi connectivity index (χ1v) is 9.74. The largest absolute Gasteiger partial charge is 0.390 e. The number of hydrogen-bond acceptors (Lipinski definition) is 4. The number of para-hydroxylation sites is 1. The van der Waals surface area contributed by atoms with Gasteiger partial charge in [0.15, 0.2) is 5.43 Å². The van der Waals surface area contributed by atoms with Gasteiger partial charge in [-0.2, -0.15) is 0 Å². The van der Waals surface area contributed by atoms with Crippen LogP contribution < -0.4 is 10.2 Å². The molecule has 24 heavy (non-hydrogen) atoms. The smallest absolute Gasteiger partial charge is 0.192 e. The lowest BCUT2D eigenvalue weighted by Crippen LogP contribution is -2.25. The van der Waals surface area contributed by atoms with E-state index in [-0.39, 0.29) is 12.0 Å². The molecule has 0 saturated heterocycles. The number of aliphatic hydroxyl groups is 1. The van der Waals surface area contributed by atoms with Crippen molar-refractivity contribution < 1.29 is 5.11 Å². The third-order valence-electron chi connectivity index (χ3n) is 4.41. The van der Waals surface area contributed by atoms with Crippen LogP contribution in [0.15, 0.2) is 29.1 Å². The molecule has 0 radical (unpaired) electrons. The lowest BCUT2D eigenvalue weighted by molar-refractivity contribution is 0.276. The normalized spacial score (nSPS) is 15.1. The van der Waals surface area contributed by atoms with Crippen LogP contribution in [0.5, 0.6) is 0 Å². The predicted octanol–water partition coefficient (Wildman–Crippen LogP) is 3.91. The Morgan fingerprint density at radius 2 is 1.96 bits per heavy atom. The van der Waals surface area contributed by atoms with Crippen molar-refractivity contribution in [3.05, 3.63) is 45.7 Å². The molecule has 5 heteroatoms. The highest BCUT2D eigenvalue weighted by molar-refractivity contribution is 7.97. The third-order valence-corrected chi connectivity index (χ3v) is 5.20. The van der Waals surface area contributed by atoms with Crippen LogP contribution >= 0.6 is 11.9 Å². The Labute approximate surface area is 148 Å². The molecule has 132 valence electrons. The van der Waals surface area contributed by atoms with Gasteiger partial charge in [0, 0.05) is 34.0 Å². The van der Waals surface area contributed by atoms with Crippen molar-refractivity contribution >= 4 is 22.9 Å². The number of benzene rings is 1. The SMILES string of the molecule is CCSNC1CCCCC1.Cc1c(CO)[nH]c2ccccc2c1=O. The summed E-state index contributed by atoms with van der Waals surface area (Å²) in [4.78, 5) is 14.8. The second-order valence-electron chi connectivity index (χ2n) is 6.15. The molecule has 0 spiro atoms. The van der Waals surface area contributed by atoms with Crippen LogP contribution in [0.2, 0.25) is 0 Å². The van der Waals surface area contributed by atoms with Crippen molar-refractivity contribution in [1.29, 1.82) is 0 Å². The number of fused-ring (bicyclic) bond motifs is 1. The van der Waals surface area contributed by atoms with Crippen LogP contribution in [0.3, 0.4) is 0 Å². The monoisotopic (exact) mass is 348 g/mol. The minimum atomic E-state index is -0.133. The maximum Gasteiger partial charge on any atom is 0.192 e. The van der Waals surface area contributed by atoms with Gasteiger partial charge in [0.25, 0.3) is 0 Å². The molecule has 1 saturated carbocycles. The van der Waals surface area contributed by atoms with Gasteiger partial charge in [-0.15, -0.1) is 0 Å². The zero-order valence-corrected chi connectivity index (χ0v) is 15.4. The molecule has 0 unspecified atom stereocenters. The molecule has 0 aliphatic heterocycles. The average Bonchev–Trinajstić information content (AvgIpc) is 2.64. The summed E-state index contributed by atoms with van der Waals surface area (Å²) in [6.45, 7) is 3.78. The number of nitrogens with one attached hydrogen (secondary N) is 2. The molecule has 1 aliphatic carbocycles. The summed E-state index contributed by atoms with van der Waals surface area (Å²) in [7, 11) is 0. The molecule has 1 aromatic heterocycles. The number of rotatable bonds is 4. The molecule has 2 aromatic rings. The number of H-pyrrole nitrogens is 1. The summed E-state index contributed by atoms with van der Waals surface area (Å²) in [5.41, 5.74) is 1.94. The van der Waals surface area contributed by atoms with Gasteiger partial charge in [-0.3, -0.25) is 9.52 Å². The Hall–Kier alpha value is -1.30. The third kappa shape index (κ3) is 5.10. The van der Waals surface area contributed by atoms with Crippen molar-refractivity contribution in [3.63, 3.8) is 0 Å². The second-order valence-corrected chi connectivity index (χ2v) is 7.25. The summed E-state index contributed by atoms with van der Waals surface area (Å²) in [5.74, 6) is 1.19. The number of pyridine rings is 1. The van der Waals surface area contributed by atoms with E-state index in [1.165, 1.54) is 37.9 Å². The highest BCUT2D eigenvalue weighted by atomic mass is 32.2. The van der Waals surface area contributed by atoms with Crippen LogP contribution in [0.25, 0.3) is 10.9 Å². The lowest BCUT2D eigenvalue weighted by atomic mass is 9.96. The van der Waals surface area contributed by atoms with E-state index >= 15 is 0 Å². The molecule has 3 rings (SSSR count). The van der Waals surface area contributed by atoms with Gasteiger partial charge in [0.2, 0.25) is 0 Å². The Kier molecular flexibility index (Phi) is 7.82. The highest BCUT2D eigenvalue weighted by Gasteiger charge is 2.11. The molecule has 4 nitrogen and oxygen atoms in total. The fraction of sp³-hybridized carbons (Fsp3) is 0.526. The number of aliphatic hydroxyl groups excluding tert-OH is 1. The van der Waals surface area contributed by atoms with Gasteiger partial charge in [0.05, 0.1) is 6.61 Å². The van der Waals surface area contributed by atoms with Gasteiger partial charge in [-0.1, -0.05) is 50.3 Å². The van der Waals surface area contributed by atoms with Gasteiger partial charge in [-0.25, -0.2) is 0 Å². The van der Waals surface area contributed by atoms with E-state index < -0.39 is 0 Å². The number of aromatic amines is 1. The Morgan fingerprint density at radius 1 is 1.25 bits per heavy atom. The number of hydrogen-bond donors (Lipinski definition) is 3. The Morgan fingerprint density at radius 3 is 2.62 bits per heavy atom. The van der Waals surface area contributed by atoms with Crippen LogP contribution in [0.4, 0.5) is 0 Å². The van der Waals surface area contributed by atoms with E-state index in [1.807, 2.05) is 30.1 Å². The first-order valence-electron chi connectivity index (χ1n) is 8.76. The van der Waals surface area contributed by atoms with Crippen LogP contribution in [0.1, 0.15) is 50.3 Å². The number of aromatic nitrogens is 1. The molecule has 3 N–H and O–H groups in total. The van der Waals surface area contributed by atoms with Crippen molar-refractivity contribution in [1.82, 2.24) is 9.71 Å². The molecule has 1 aromatic carbocycles. The van der Waals surface area contributed by atoms with Gasteiger partial charge in [-0.05, 0) is 31.9 Å². The van der Waals surface area contributed by atoms with Gasteiger partial charge < -0.3 is 10.1 Å². The summed E-state index contributed by atoms with van der Waals surface area (Å²) >= 11 is 1.86. The van der Waals surface area contributed by atoms with Crippen LogP contribution in [0, 0.1) is 6.92 Å². The molecule has 1 heterocycles. The lowest BCUT2D eigenvalue weighted by Gasteiger charge is -2.21. The molecule has 1 aliphatic rings. The summed E-state index contributed by atoms with van der Waals surface area (Å²) < 4.78 is 3.49. The average molecular weight is 349 g/mol. The van der Waals surface area contributed by atoms with E-state index in [0.717, 1.165) is 11.6 Å². The fourth-order valence-corrected chi connectivity index (χ4v) is 3.60. The van der Waals surface area contributed by atoms with Crippen molar-refractivity contribution in [3.8, 4) is 0 Å². The predicted molar refractivity (Wildman–Crippen MR) is 103 cm³/mol. The molecule has 1 fully saturated rings. The zero-order valence-electron chi connectivity index (χ0n) is 14.6. The van der Waals surface area contributed by atoms with E-state index in [9.17, 15) is 4.79 Å². The summed E-state index contributed by atoms with van der Waals surface area (Å²) in [6, 6.07) is 8.11. The maximum atomic E-state index is 11.8. The molecule has 0 atom stereocenters. The van der Waals surface area contributed by atoms with E-state index in [2.05, 4.69) is 16.6 Å². The van der Waals surface area contributed by atoms with Gasteiger partial charge in [0.1, 0.15) is 0 Å². The first-order chi connectivity index (χ1) is 11.7. The van der Waals surface area contributed by atoms with E-state index in [1.54, 1.807) is 13.0 Å². The van der Waals surface area contributed by atoms with Crippen LogP contribution in [-0.2, 0) is 6.61 Å². The second kappa shape index (κ2) is 9.87. The van der Waals surface area contributed by atoms with E-state index in [0.29, 0.717) is 16.6 Å². The van der Waals surface area contributed by atoms with Gasteiger partial charge >= 0.3 is 0 Å². The Balaban J connectivity index is 0.000000185. The fourth-order valence-electron chi connectivity index (χ4n) is 2.97. The maximum absolute atomic E-state index is 11.8. The van der Waals surface area contributed by atoms with E-state index in [4.69, 9.17) is 5.11 Å². The minimum Gasteiger partial charge on any atom is -0.390 e. The van der Waals surface area contributed by atoms with Crippen molar-refractivity contribution in [2.75, 3.05) is 5.75 Å². The molecule has 0 bridgehead atoms. The zero-order chi connectivity index (χ0) is 17.4. The molecular weight excluding hydrogens is 320 g/mol. The topological polar surface area (TPSA) is 65.1 Å². The standard InChI is InChI=1S/C11H11NO2.C8H17NS/c1-7-10(6-13)12-9-5-3-2-4-8(9)11(7)14;1-2-10-9-8-6-4-3-5-7-8/h2-5,13H,6H2,1H3,(H,12,14);8-9H,2-7H2,1H3. The highest BCUT2D eigenvalue weighted by Crippen LogP contribution is 2.18. The van der Waals surface area contributed by atoms with Crippen molar-refractivity contribution in [2.24, 2.45) is 0 Å².